The van der Waals surface area contributed by atoms with Crippen LogP contribution in [0.2, 0.25) is 0 Å². The van der Waals surface area contributed by atoms with E-state index in [9.17, 15) is 5.11 Å². The summed E-state index contributed by atoms with van der Waals surface area (Å²) in [4.78, 5) is 4.00. The number of piperidine rings is 1. The fourth-order valence-corrected chi connectivity index (χ4v) is 4.95. The first-order chi connectivity index (χ1) is 12.6. The largest absolute Gasteiger partial charge is 0.393 e. The van der Waals surface area contributed by atoms with Gasteiger partial charge in [-0.15, -0.1) is 16.4 Å². The molecule has 0 aliphatic carbocycles. The van der Waals surface area contributed by atoms with Gasteiger partial charge in [-0.05, 0) is 43.7 Å². The van der Waals surface area contributed by atoms with Crippen molar-refractivity contribution in [3.8, 4) is 0 Å². The van der Waals surface area contributed by atoms with Crippen LogP contribution in [0.3, 0.4) is 0 Å². The van der Waals surface area contributed by atoms with E-state index < -0.39 is 0 Å². The molecule has 1 N–H and O–H groups in total. The molecule has 1 aliphatic heterocycles. The highest BCUT2D eigenvalue weighted by Crippen LogP contribution is 2.32. The standard InChI is InChI=1S/C20H26N4OS/c1-14(25)11-16-12-24(22-21-16)17-7-9-23(10-8-17)13-19-15(2)26-20-6-4-3-5-18(19)20/h3-6,12,14,17,25H,7-11,13H2,1-2H3/t14-/m1/s1. The van der Waals surface area contributed by atoms with Gasteiger partial charge >= 0.3 is 0 Å². The maximum Gasteiger partial charge on any atom is 0.0852 e. The predicted molar refractivity (Wildman–Crippen MR) is 106 cm³/mol. The lowest BCUT2D eigenvalue weighted by Crippen LogP contribution is -2.34. The third-order valence-electron chi connectivity index (χ3n) is 5.28. The molecule has 1 aromatic carbocycles. The minimum atomic E-state index is -0.370. The number of aryl methyl sites for hydroxylation is 1. The monoisotopic (exact) mass is 370 g/mol. The molecule has 1 atom stereocenters. The molecule has 1 aliphatic rings. The van der Waals surface area contributed by atoms with E-state index in [1.165, 1.54) is 20.5 Å². The number of thiophene rings is 1. The molecule has 2 aromatic heterocycles. The van der Waals surface area contributed by atoms with E-state index in [4.69, 9.17) is 0 Å². The number of likely N-dealkylation sites (tertiary alicyclic amines) is 1. The quantitative estimate of drug-likeness (QED) is 0.746. The van der Waals surface area contributed by atoms with E-state index in [2.05, 4.69) is 46.4 Å². The molecule has 0 saturated carbocycles. The topological polar surface area (TPSA) is 54.2 Å². The molecule has 138 valence electrons. The van der Waals surface area contributed by atoms with Gasteiger partial charge in [0, 0.05) is 41.8 Å². The van der Waals surface area contributed by atoms with E-state index in [1.807, 2.05) is 22.2 Å². The Kier molecular flexibility index (Phi) is 5.07. The first kappa shape index (κ1) is 17.6. The SMILES string of the molecule is Cc1sc2ccccc2c1CN1CCC(n2cc(C[C@@H](C)O)nn2)CC1. The normalized spacial score (nSPS) is 17.8. The molecule has 1 saturated heterocycles. The summed E-state index contributed by atoms with van der Waals surface area (Å²) in [5, 5.41) is 19.4. The molecule has 0 spiro atoms. The summed E-state index contributed by atoms with van der Waals surface area (Å²) >= 11 is 1.90. The van der Waals surface area contributed by atoms with Crippen molar-refractivity contribution in [1.82, 2.24) is 19.9 Å². The Morgan fingerprint density at radius 2 is 2.04 bits per heavy atom. The Morgan fingerprint density at radius 1 is 1.27 bits per heavy atom. The van der Waals surface area contributed by atoms with Crippen molar-refractivity contribution in [3.05, 3.63) is 46.6 Å². The second-order valence-corrected chi connectivity index (χ2v) is 8.64. The van der Waals surface area contributed by atoms with Gasteiger partial charge in [0.1, 0.15) is 0 Å². The van der Waals surface area contributed by atoms with Gasteiger partial charge in [-0.25, -0.2) is 4.68 Å². The van der Waals surface area contributed by atoms with Crippen molar-refractivity contribution in [3.63, 3.8) is 0 Å². The lowest BCUT2D eigenvalue weighted by molar-refractivity contribution is 0.172. The summed E-state index contributed by atoms with van der Waals surface area (Å²) in [5.74, 6) is 0. The zero-order chi connectivity index (χ0) is 18.1. The Morgan fingerprint density at radius 3 is 2.81 bits per heavy atom. The minimum Gasteiger partial charge on any atom is -0.393 e. The smallest absolute Gasteiger partial charge is 0.0852 e. The maximum atomic E-state index is 9.50. The van der Waals surface area contributed by atoms with Crippen molar-refractivity contribution >= 4 is 21.4 Å². The van der Waals surface area contributed by atoms with E-state index in [-0.39, 0.29) is 6.10 Å². The summed E-state index contributed by atoms with van der Waals surface area (Å²) < 4.78 is 3.39. The van der Waals surface area contributed by atoms with Gasteiger partial charge in [-0.1, -0.05) is 23.4 Å². The zero-order valence-electron chi connectivity index (χ0n) is 15.4. The molecule has 26 heavy (non-hydrogen) atoms. The summed E-state index contributed by atoms with van der Waals surface area (Å²) in [6, 6.07) is 9.15. The number of aliphatic hydroxyl groups excluding tert-OH is 1. The van der Waals surface area contributed by atoms with Crippen LogP contribution in [0.25, 0.3) is 10.1 Å². The van der Waals surface area contributed by atoms with Gasteiger partial charge in [0.15, 0.2) is 0 Å². The van der Waals surface area contributed by atoms with E-state index in [0.717, 1.165) is 38.2 Å². The molecule has 6 heteroatoms. The van der Waals surface area contributed by atoms with Crippen molar-refractivity contribution in [2.75, 3.05) is 13.1 Å². The minimum absolute atomic E-state index is 0.370. The van der Waals surface area contributed by atoms with Crippen LogP contribution in [0.5, 0.6) is 0 Å². The second kappa shape index (κ2) is 7.47. The number of rotatable bonds is 5. The van der Waals surface area contributed by atoms with Crippen LogP contribution in [-0.2, 0) is 13.0 Å². The Labute approximate surface area is 158 Å². The molecular weight excluding hydrogens is 344 g/mol. The van der Waals surface area contributed by atoms with Crippen molar-refractivity contribution in [2.45, 2.75) is 51.8 Å². The highest BCUT2D eigenvalue weighted by Gasteiger charge is 2.23. The van der Waals surface area contributed by atoms with Crippen LogP contribution in [0.4, 0.5) is 0 Å². The average Bonchev–Trinajstić information content (AvgIpc) is 3.20. The van der Waals surface area contributed by atoms with E-state index in [0.29, 0.717) is 12.5 Å². The molecule has 4 rings (SSSR count). The number of aromatic nitrogens is 3. The van der Waals surface area contributed by atoms with Crippen LogP contribution in [0.1, 0.15) is 41.9 Å². The Bertz CT molecular complexity index is 877. The van der Waals surface area contributed by atoms with Gasteiger partial charge in [-0.2, -0.15) is 0 Å². The lowest BCUT2D eigenvalue weighted by atomic mass is 10.0. The van der Waals surface area contributed by atoms with E-state index >= 15 is 0 Å². The molecule has 3 heterocycles. The molecule has 0 amide bonds. The average molecular weight is 371 g/mol. The second-order valence-electron chi connectivity index (χ2n) is 7.38. The fourth-order valence-electron chi connectivity index (χ4n) is 3.87. The van der Waals surface area contributed by atoms with Crippen LogP contribution in [-0.4, -0.2) is 44.2 Å². The van der Waals surface area contributed by atoms with Crippen LogP contribution in [0.15, 0.2) is 30.5 Å². The summed E-state index contributed by atoms with van der Waals surface area (Å²) in [6.07, 6.45) is 4.40. The highest BCUT2D eigenvalue weighted by molar-refractivity contribution is 7.19. The number of hydrogen-bond acceptors (Lipinski definition) is 5. The number of hydrogen-bond donors (Lipinski definition) is 1. The number of fused-ring (bicyclic) bond motifs is 1. The van der Waals surface area contributed by atoms with Crippen molar-refractivity contribution in [2.24, 2.45) is 0 Å². The van der Waals surface area contributed by atoms with Crippen LogP contribution >= 0.6 is 11.3 Å². The van der Waals surface area contributed by atoms with Crippen molar-refractivity contribution < 1.29 is 5.11 Å². The number of benzene rings is 1. The van der Waals surface area contributed by atoms with Crippen molar-refractivity contribution in [1.29, 1.82) is 0 Å². The molecule has 0 bridgehead atoms. The molecule has 5 nitrogen and oxygen atoms in total. The Hall–Kier alpha value is -1.76. The molecular formula is C20H26N4OS. The van der Waals surface area contributed by atoms with E-state index in [1.54, 1.807) is 6.92 Å². The van der Waals surface area contributed by atoms with Crippen LogP contribution in [0, 0.1) is 6.92 Å². The third kappa shape index (κ3) is 3.68. The van der Waals surface area contributed by atoms with Gasteiger partial charge in [0.05, 0.1) is 17.8 Å². The molecule has 1 fully saturated rings. The zero-order valence-corrected chi connectivity index (χ0v) is 16.2. The summed E-state index contributed by atoms with van der Waals surface area (Å²) in [7, 11) is 0. The van der Waals surface area contributed by atoms with Crippen LogP contribution < -0.4 is 0 Å². The van der Waals surface area contributed by atoms with Gasteiger partial charge in [0.2, 0.25) is 0 Å². The summed E-state index contributed by atoms with van der Waals surface area (Å²) in [6.45, 7) is 7.23. The van der Waals surface area contributed by atoms with Gasteiger partial charge in [-0.3, -0.25) is 4.90 Å². The lowest BCUT2D eigenvalue weighted by Gasteiger charge is -2.31. The molecule has 0 unspecified atom stereocenters. The molecule has 3 aromatic rings. The fraction of sp³-hybridized carbons (Fsp3) is 0.500. The predicted octanol–water partition coefficient (Wildman–Crippen LogP) is 3.56. The third-order valence-corrected chi connectivity index (χ3v) is 6.40. The maximum absolute atomic E-state index is 9.50. The number of nitrogens with zero attached hydrogens (tertiary/aromatic N) is 4. The highest BCUT2D eigenvalue weighted by atomic mass is 32.1. The summed E-state index contributed by atoms with van der Waals surface area (Å²) in [5.41, 5.74) is 2.37. The molecule has 0 radical (unpaired) electrons. The first-order valence-electron chi connectivity index (χ1n) is 9.38. The number of aliphatic hydroxyl groups is 1. The van der Waals surface area contributed by atoms with Gasteiger partial charge < -0.3 is 5.11 Å². The first-order valence-corrected chi connectivity index (χ1v) is 10.2. The van der Waals surface area contributed by atoms with Gasteiger partial charge in [0.25, 0.3) is 0 Å². The Balaban J connectivity index is 1.39.